The molecule has 1 atom stereocenters. The van der Waals surface area contributed by atoms with Crippen LogP contribution in [0.25, 0.3) is 0 Å². The molecule has 1 heterocycles. The first kappa shape index (κ1) is 25.5. The third-order valence-corrected chi connectivity index (χ3v) is 3.50. The van der Waals surface area contributed by atoms with Crippen molar-refractivity contribution in [3.05, 3.63) is 29.8 Å². The maximum Gasteiger partial charge on any atom is 0.115 e. The van der Waals surface area contributed by atoms with Crippen molar-refractivity contribution in [3.63, 3.8) is 0 Å². The molecular formula is C15H29Br3N4O. The van der Waals surface area contributed by atoms with Gasteiger partial charge < -0.3 is 26.4 Å². The van der Waals surface area contributed by atoms with E-state index >= 15 is 0 Å². The number of aromatic hydroxyl groups is 1. The van der Waals surface area contributed by atoms with E-state index in [1.807, 2.05) is 12.1 Å². The minimum absolute atomic E-state index is 0. The second-order valence-corrected chi connectivity index (χ2v) is 5.23. The van der Waals surface area contributed by atoms with E-state index in [0.29, 0.717) is 11.8 Å². The molecule has 0 saturated carbocycles. The molecule has 0 aliphatic carbocycles. The summed E-state index contributed by atoms with van der Waals surface area (Å²) >= 11 is 0. The first-order valence-corrected chi connectivity index (χ1v) is 7.48. The summed E-state index contributed by atoms with van der Waals surface area (Å²) in [5, 5.41) is 23.2. The van der Waals surface area contributed by atoms with E-state index in [1.54, 1.807) is 12.1 Å². The molecule has 1 aliphatic rings. The quantitative estimate of drug-likeness (QED) is 0.408. The normalized spacial score (nSPS) is 19.7. The predicted molar refractivity (Wildman–Crippen MR) is 113 cm³/mol. The molecule has 1 unspecified atom stereocenters. The summed E-state index contributed by atoms with van der Waals surface area (Å²) in [4.78, 5) is 0. The summed E-state index contributed by atoms with van der Waals surface area (Å²) in [7, 11) is 0. The van der Waals surface area contributed by atoms with E-state index in [9.17, 15) is 5.11 Å². The molecule has 136 valence electrons. The number of hydrogen-bond acceptors (Lipinski definition) is 5. The van der Waals surface area contributed by atoms with Crippen molar-refractivity contribution in [1.82, 2.24) is 21.3 Å². The van der Waals surface area contributed by atoms with Gasteiger partial charge in [0.2, 0.25) is 0 Å². The van der Waals surface area contributed by atoms with Crippen molar-refractivity contribution in [1.29, 1.82) is 0 Å². The van der Waals surface area contributed by atoms with E-state index in [1.165, 1.54) is 5.56 Å². The van der Waals surface area contributed by atoms with Crippen molar-refractivity contribution in [2.75, 3.05) is 45.8 Å². The van der Waals surface area contributed by atoms with Crippen LogP contribution in [0.1, 0.15) is 5.56 Å². The highest BCUT2D eigenvalue weighted by Gasteiger charge is 2.09. The van der Waals surface area contributed by atoms with Crippen molar-refractivity contribution in [2.45, 2.75) is 12.5 Å². The molecular weight excluding hydrogens is 492 g/mol. The minimum atomic E-state index is 0. The number of hydrogen-bond donors (Lipinski definition) is 5. The lowest BCUT2D eigenvalue weighted by atomic mass is 10.1. The molecule has 23 heavy (non-hydrogen) atoms. The van der Waals surface area contributed by atoms with Crippen LogP contribution in [-0.4, -0.2) is 57.0 Å². The summed E-state index contributed by atoms with van der Waals surface area (Å²) in [6, 6.07) is 7.91. The first-order chi connectivity index (χ1) is 9.84. The Morgan fingerprint density at radius 3 is 1.91 bits per heavy atom. The molecule has 5 N–H and O–H groups in total. The highest BCUT2D eigenvalue weighted by Crippen LogP contribution is 2.11. The van der Waals surface area contributed by atoms with Crippen LogP contribution in [0.3, 0.4) is 0 Å². The largest absolute Gasteiger partial charge is 0.508 e. The maximum absolute atomic E-state index is 9.33. The van der Waals surface area contributed by atoms with E-state index in [4.69, 9.17) is 0 Å². The average Bonchev–Trinajstić information content (AvgIpc) is 2.44. The summed E-state index contributed by atoms with van der Waals surface area (Å²) in [5.41, 5.74) is 1.25. The number of phenols is 1. The number of nitrogens with one attached hydrogen (secondary N) is 4. The molecule has 0 aromatic heterocycles. The van der Waals surface area contributed by atoms with Gasteiger partial charge in [-0.3, -0.25) is 0 Å². The molecule has 8 heteroatoms. The van der Waals surface area contributed by atoms with Gasteiger partial charge in [-0.05, 0) is 24.1 Å². The lowest BCUT2D eigenvalue weighted by molar-refractivity contribution is 0.449. The molecule has 2 rings (SSSR count). The molecule has 5 nitrogen and oxygen atoms in total. The average molecular weight is 521 g/mol. The summed E-state index contributed by atoms with van der Waals surface area (Å²) in [6.45, 7) is 6.98. The van der Waals surface area contributed by atoms with Crippen molar-refractivity contribution in [3.8, 4) is 5.75 Å². The molecule has 1 aliphatic heterocycles. The van der Waals surface area contributed by atoms with Crippen LogP contribution in [0.2, 0.25) is 0 Å². The SMILES string of the molecule is Br.Br.Br.Oc1ccc(CC2CNCCNCCNCCN2)cc1. The Labute approximate surface area is 170 Å². The number of halogens is 3. The molecule has 1 saturated heterocycles. The molecule has 0 amide bonds. The van der Waals surface area contributed by atoms with Crippen molar-refractivity contribution >= 4 is 50.9 Å². The lowest BCUT2D eigenvalue weighted by Gasteiger charge is -2.21. The second-order valence-electron chi connectivity index (χ2n) is 5.23. The zero-order valence-electron chi connectivity index (χ0n) is 13.2. The highest BCUT2D eigenvalue weighted by atomic mass is 79.9. The van der Waals surface area contributed by atoms with Gasteiger partial charge in [0.15, 0.2) is 0 Å². The van der Waals surface area contributed by atoms with E-state index in [2.05, 4.69) is 21.3 Å². The van der Waals surface area contributed by atoms with Gasteiger partial charge in [0.1, 0.15) is 5.75 Å². The van der Waals surface area contributed by atoms with Gasteiger partial charge in [-0.2, -0.15) is 0 Å². The van der Waals surface area contributed by atoms with Crippen LogP contribution in [-0.2, 0) is 6.42 Å². The van der Waals surface area contributed by atoms with Crippen LogP contribution in [0, 0.1) is 0 Å². The van der Waals surface area contributed by atoms with Gasteiger partial charge >= 0.3 is 0 Å². The predicted octanol–water partition coefficient (Wildman–Crippen LogP) is 1.41. The fourth-order valence-electron chi connectivity index (χ4n) is 2.38. The van der Waals surface area contributed by atoms with Crippen LogP contribution in [0.5, 0.6) is 5.75 Å². The Kier molecular flexibility index (Phi) is 17.6. The van der Waals surface area contributed by atoms with Gasteiger partial charge in [0, 0.05) is 51.9 Å². The molecule has 1 fully saturated rings. The molecule has 0 bridgehead atoms. The minimum Gasteiger partial charge on any atom is -0.508 e. The highest BCUT2D eigenvalue weighted by molar-refractivity contribution is 8.93. The second kappa shape index (κ2) is 15.8. The van der Waals surface area contributed by atoms with Gasteiger partial charge in [0.25, 0.3) is 0 Å². The van der Waals surface area contributed by atoms with Crippen LogP contribution in [0.4, 0.5) is 0 Å². The zero-order chi connectivity index (χ0) is 14.0. The van der Waals surface area contributed by atoms with Gasteiger partial charge in [-0.25, -0.2) is 0 Å². The maximum atomic E-state index is 9.33. The molecule has 0 spiro atoms. The Bertz CT molecular complexity index is 369. The summed E-state index contributed by atoms with van der Waals surface area (Å²) < 4.78 is 0. The lowest BCUT2D eigenvalue weighted by Crippen LogP contribution is -2.46. The van der Waals surface area contributed by atoms with Crippen LogP contribution in [0.15, 0.2) is 24.3 Å². The molecule has 1 aromatic carbocycles. The van der Waals surface area contributed by atoms with Crippen LogP contribution < -0.4 is 21.3 Å². The molecule has 0 radical (unpaired) electrons. The first-order valence-electron chi connectivity index (χ1n) is 7.48. The third-order valence-electron chi connectivity index (χ3n) is 3.50. The van der Waals surface area contributed by atoms with Gasteiger partial charge in [-0.15, -0.1) is 50.9 Å². The van der Waals surface area contributed by atoms with Crippen molar-refractivity contribution < 1.29 is 5.11 Å². The number of phenolic OH excluding ortho intramolecular Hbond substituents is 1. The standard InChI is InChI=1S/C15H26N4O.3BrH/c20-15-3-1-13(2-4-15)11-14-12-18-8-7-16-5-6-17-9-10-19-14;;;/h1-4,14,16-20H,5-12H2;3*1H. The number of rotatable bonds is 2. The van der Waals surface area contributed by atoms with Gasteiger partial charge in [-0.1, -0.05) is 12.1 Å². The van der Waals surface area contributed by atoms with E-state index in [-0.39, 0.29) is 50.9 Å². The summed E-state index contributed by atoms with van der Waals surface area (Å²) in [5.74, 6) is 0.328. The Morgan fingerprint density at radius 1 is 0.783 bits per heavy atom. The van der Waals surface area contributed by atoms with E-state index < -0.39 is 0 Å². The van der Waals surface area contributed by atoms with Crippen molar-refractivity contribution in [2.24, 2.45) is 0 Å². The Hall–Kier alpha value is 0.300. The monoisotopic (exact) mass is 518 g/mol. The Balaban J connectivity index is 0. The van der Waals surface area contributed by atoms with Crippen LogP contribution >= 0.6 is 50.9 Å². The molecule has 1 aromatic rings. The van der Waals surface area contributed by atoms with Gasteiger partial charge in [0.05, 0.1) is 0 Å². The topological polar surface area (TPSA) is 68.3 Å². The smallest absolute Gasteiger partial charge is 0.115 e. The third kappa shape index (κ3) is 11.5. The Morgan fingerprint density at radius 2 is 1.30 bits per heavy atom. The van der Waals surface area contributed by atoms with E-state index in [0.717, 1.165) is 52.2 Å². The summed E-state index contributed by atoms with van der Waals surface area (Å²) in [6.07, 6.45) is 0.973. The fraction of sp³-hybridized carbons (Fsp3) is 0.600. The number of benzene rings is 1. The zero-order valence-corrected chi connectivity index (χ0v) is 18.4. The fourth-order valence-corrected chi connectivity index (χ4v) is 2.38.